The van der Waals surface area contributed by atoms with Gasteiger partial charge < -0.3 is 4.74 Å². The van der Waals surface area contributed by atoms with Gasteiger partial charge in [0.15, 0.2) is 4.32 Å². The summed E-state index contributed by atoms with van der Waals surface area (Å²) in [5.41, 5.74) is 1.77. The lowest BCUT2D eigenvalue weighted by atomic mass is 10.1. The Balaban J connectivity index is 1.53. The average molecular weight is 426 g/mol. The summed E-state index contributed by atoms with van der Waals surface area (Å²) in [5, 5.41) is 0. The first-order valence-corrected chi connectivity index (χ1v) is 11.5. The second-order valence-electron chi connectivity index (χ2n) is 7.04. The van der Waals surface area contributed by atoms with E-state index in [4.69, 9.17) is 17.0 Å². The fraction of sp³-hybridized carbons (Fsp3) is 0.333. The number of benzene rings is 2. The molecule has 1 aliphatic heterocycles. The number of anilines is 1. The molecule has 1 fully saturated rings. The Bertz CT molecular complexity index is 847. The summed E-state index contributed by atoms with van der Waals surface area (Å²) in [6.45, 7) is 2.98. The molecule has 3 rings (SSSR count). The van der Waals surface area contributed by atoms with E-state index in [2.05, 4.69) is 6.92 Å². The second kappa shape index (κ2) is 11.2. The molecule has 0 radical (unpaired) electrons. The third-order valence-electron chi connectivity index (χ3n) is 4.75. The fourth-order valence-electron chi connectivity index (χ4n) is 3.15. The lowest BCUT2D eigenvalue weighted by Crippen LogP contribution is -2.27. The van der Waals surface area contributed by atoms with E-state index in [9.17, 15) is 4.79 Å². The van der Waals surface area contributed by atoms with Gasteiger partial charge >= 0.3 is 0 Å². The number of thioether (sulfide) groups is 1. The number of hydrogen-bond donors (Lipinski definition) is 0. The van der Waals surface area contributed by atoms with E-state index in [1.807, 2.05) is 60.7 Å². The fourth-order valence-corrected chi connectivity index (χ4v) is 4.45. The summed E-state index contributed by atoms with van der Waals surface area (Å²) >= 11 is 6.75. The molecule has 3 nitrogen and oxygen atoms in total. The van der Waals surface area contributed by atoms with E-state index in [0.29, 0.717) is 9.23 Å². The zero-order chi connectivity index (χ0) is 20.5. The van der Waals surface area contributed by atoms with Crippen LogP contribution in [0.25, 0.3) is 6.08 Å². The van der Waals surface area contributed by atoms with Crippen LogP contribution in [0.1, 0.15) is 51.0 Å². The van der Waals surface area contributed by atoms with Crippen LogP contribution in [0.4, 0.5) is 5.69 Å². The lowest BCUT2D eigenvalue weighted by molar-refractivity contribution is -0.113. The molecule has 1 amide bonds. The van der Waals surface area contributed by atoms with Crippen molar-refractivity contribution in [1.82, 2.24) is 0 Å². The highest BCUT2D eigenvalue weighted by atomic mass is 32.2. The third-order valence-corrected chi connectivity index (χ3v) is 6.05. The number of carbonyl (C=O) groups is 1. The molecule has 152 valence electrons. The molecule has 1 heterocycles. The summed E-state index contributed by atoms with van der Waals surface area (Å²) in [6.07, 6.45) is 9.42. The first-order valence-electron chi connectivity index (χ1n) is 10.2. The van der Waals surface area contributed by atoms with Gasteiger partial charge in [0.2, 0.25) is 0 Å². The van der Waals surface area contributed by atoms with Crippen molar-refractivity contribution in [3.05, 3.63) is 65.1 Å². The van der Waals surface area contributed by atoms with E-state index in [1.54, 1.807) is 4.90 Å². The first-order chi connectivity index (χ1) is 14.2. The zero-order valence-corrected chi connectivity index (χ0v) is 18.4. The molecule has 5 heteroatoms. The first kappa shape index (κ1) is 21.6. The standard InChI is InChI=1S/C24H27NO2S2/c1-2-3-4-5-6-10-17-27-21-15-13-19(14-16-21)18-22-23(26)25(24(28)29-22)20-11-8-7-9-12-20/h7-9,11-16,18H,2-6,10,17H2,1H3. The molecule has 0 unspecified atom stereocenters. The molecule has 29 heavy (non-hydrogen) atoms. The molecule has 0 atom stereocenters. The van der Waals surface area contributed by atoms with Gasteiger partial charge in [-0.2, -0.15) is 0 Å². The van der Waals surface area contributed by atoms with Gasteiger partial charge in [-0.3, -0.25) is 9.69 Å². The Kier molecular flexibility index (Phi) is 8.32. The molecule has 0 N–H and O–H groups in total. The monoisotopic (exact) mass is 425 g/mol. The van der Waals surface area contributed by atoms with Gasteiger partial charge in [-0.05, 0) is 42.3 Å². The van der Waals surface area contributed by atoms with E-state index < -0.39 is 0 Å². The highest BCUT2D eigenvalue weighted by molar-refractivity contribution is 8.27. The zero-order valence-electron chi connectivity index (χ0n) is 16.8. The van der Waals surface area contributed by atoms with Crippen LogP contribution in [0.2, 0.25) is 0 Å². The Morgan fingerprint density at radius 2 is 1.66 bits per heavy atom. The van der Waals surface area contributed by atoms with Gasteiger partial charge in [0, 0.05) is 0 Å². The Morgan fingerprint density at radius 1 is 0.966 bits per heavy atom. The summed E-state index contributed by atoms with van der Waals surface area (Å²) < 4.78 is 6.39. The van der Waals surface area contributed by atoms with Crippen LogP contribution in [0, 0.1) is 0 Å². The number of nitrogens with zero attached hydrogens (tertiary/aromatic N) is 1. The number of unbranched alkanes of at least 4 members (excludes halogenated alkanes) is 5. The molecule has 0 aliphatic carbocycles. The van der Waals surface area contributed by atoms with Gasteiger partial charge in [-0.1, -0.05) is 93.3 Å². The number of carbonyl (C=O) groups excluding carboxylic acids is 1. The van der Waals surface area contributed by atoms with Crippen LogP contribution < -0.4 is 9.64 Å². The average Bonchev–Trinajstić information content (AvgIpc) is 3.02. The van der Waals surface area contributed by atoms with Crippen LogP contribution in [0.3, 0.4) is 0 Å². The molecule has 1 aliphatic rings. The molecule has 0 bridgehead atoms. The van der Waals surface area contributed by atoms with Crippen molar-refractivity contribution in [3.63, 3.8) is 0 Å². The summed E-state index contributed by atoms with van der Waals surface area (Å²) in [4.78, 5) is 15.0. The topological polar surface area (TPSA) is 29.5 Å². The van der Waals surface area contributed by atoms with Crippen LogP contribution >= 0.6 is 24.0 Å². The predicted molar refractivity (Wildman–Crippen MR) is 127 cm³/mol. The van der Waals surface area contributed by atoms with Crippen LogP contribution in [0.15, 0.2) is 59.5 Å². The highest BCUT2D eigenvalue weighted by Gasteiger charge is 2.33. The minimum atomic E-state index is -0.0744. The number of para-hydroxylation sites is 1. The smallest absolute Gasteiger partial charge is 0.270 e. The van der Waals surface area contributed by atoms with E-state index in [-0.39, 0.29) is 5.91 Å². The minimum Gasteiger partial charge on any atom is -0.494 e. The number of thiocarbonyl (C=S) groups is 1. The maximum Gasteiger partial charge on any atom is 0.270 e. The van der Waals surface area contributed by atoms with Gasteiger partial charge in [0.05, 0.1) is 17.2 Å². The Morgan fingerprint density at radius 3 is 2.38 bits per heavy atom. The van der Waals surface area contributed by atoms with Crippen LogP contribution in [0.5, 0.6) is 5.75 Å². The molecule has 2 aromatic carbocycles. The van der Waals surface area contributed by atoms with Gasteiger partial charge in [0.1, 0.15) is 5.75 Å². The third kappa shape index (κ3) is 6.18. The second-order valence-corrected chi connectivity index (χ2v) is 8.71. The van der Waals surface area contributed by atoms with Crippen molar-refractivity contribution >= 4 is 46.0 Å². The van der Waals surface area contributed by atoms with Crippen molar-refractivity contribution in [2.24, 2.45) is 0 Å². The van der Waals surface area contributed by atoms with E-state index in [1.165, 1.54) is 43.9 Å². The van der Waals surface area contributed by atoms with Crippen LogP contribution in [-0.2, 0) is 4.79 Å². The van der Waals surface area contributed by atoms with Gasteiger partial charge in [0.25, 0.3) is 5.91 Å². The molecule has 0 spiro atoms. The van der Waals surface area contributed by atoms with Crippen molar-refractivity contribution in [3.8, 4) is 5.75 Å². The molecule has 0 saturated carbocycles. The largest absolute Gasteiger partial charge is 0.494 e. The molecule has 1 saturated heterocycles. The van der Waals surface area contributed by atoms with E-state index >= 15 is 0 Å². The molecule has 0 aromatic heterocycles. The number of amides is 1. The number of rotatable bonds is 10. The number of hydrogen-bond acceptors (Lipinski definition) is 4. The predicted octanol–water partition coefficient (Wildman–Crippen LogP) is 6.83. The Labute approximate surface area is 183 Å². The summed E-state index contributed by atoms with van der Waals surface area (Å²) in [7, 11) is 0. The maximum atomic E-state index is 12.8. The SMILES string of the molecule is CCCCCCCCOc1ccc(C=C2SC(=S)N(c3ccccc3)C2=O)cc1. The van der Waals surface area contributed by atoms with Crippen molar-refractivity contribution in [2.75, 3.05) is 11.5 Å². The molecular formula is C24H27NO2S2. The van der Waals surface area contributed by atoms with Gasteiger partial charge in [-0.15, -0.1) is 0 Å². The normalized spacial score (nSPS) is 15.3. The maximum absolute atomic E-state index is 12.8. The lowest BCUT2D eigenvalue weighted by Gasteiger charge is -2.13. The highest BCUT2D eigenvalue weighted by Crippen LogP contribution is 2.36. The van der Waals surface area contributed by atoms with Crippen LogP contribution in [-0.4, -0.2) is 16.8 Å². The number of ether oxygens (including phenoxy) is 1. The quantitative estimate of drug-likeness (QED) is 0.237. The van der Waals surface area contributed by atoms with E-state index in [0.717, 1.165) is 30.0 Å². The summed E-state index contributed by atoms with van der Waals surface area (Å²) in [5.74, 6) is 0.794. The Hall–Kier alpha value is -2.11. The molecular weight excluding hydrogens is 398 g/mol. The van der Waals surface area contributed by atoms with Crippen molar-refractivity contribution in [1.29, 1.82) is 0 Å². The van der Waals surface area contributed by atoms with Gasteiger partial charge in [-0.25, -0.2) is 0 Å². The molecule has 2 aromatic rings. The van der Waals surface area contributed by atoms with Crippen molar-refractivity contribution < 1.29 is 9.53 Å². The van der Waals surface area contributed by atoms with Crippen molar-refractivity contribution in [2.45, 2.75) is 45.4 Å². The summed E-state index contributed by atoms with van der Waals surface area (Å²) in [6, 6.07) is 17.4. The minimum absolute atomic E-state index is 0.0744.